The first-order chi connectivity index (χ1) is 6.13. The molecule has 0 aliphatic carbocycles. The second-order valence-corrected chi connectivity index (χ2v) is 4.17. The fourth-order valence-corrected chi connectivity index (χ4v) is 2.18. The van der Waals surface area contributed by atoms with Gasteiger partial charge in [-0.3, -0.25) is 0 Å². The zero-order chi connectivity index (χ0) is 9.47. The number of hydrogen-bond acceptors (Lipinski definition) is 3. The van der Waals surface area contributed by atoms with Crippen LogP contribution >= 0.6 is 0 Å². The van der Waals surface area contributed by atoms with Gasteiger partial charge in [0.05, 0.1) is 16.5 Å². The molecule has 4 nitrogen and oxygen atoms in total. The summed E-state index contributed by atoms with van der Waals surface area (Å²) < 4.78 is 25.8. The minimum absolute atomic E-state index is 0.117. The molecule has 0 atom stereocenters. The molecule has 0 fully saturated rings. The van der Waals surface area contributed by atoms with E-state index in [9.17, 15) is 8.42 Å². The maximum atomic E-state index is 11.2. The van der Waals surface area contributed by atoms with Crippen LogP contribution in [0.15, 0.2) is 27.5 Å². The molecule has 1 aromatic carbocycles. The van der Waals surface area contributed by atoms with Crippen LogP contribution in [0.4, 0.5) is 0 Å². The second-order valence-electron chi connectivity index (χ2n) is 2.57. The van der Waals surface area contributed by atoms with Crippen molar-refractivity contribution in [2.45, 2.75) is 4.90 Å². The van der Waals surface area contributed by atoms with Crippen molar-refractivity contribution >= 4 is 16.2 Å². The highest BCUT2D eigenvalue weighted by Gasteiger charge is 2.22. The molecule has 1 aliphatic rings. The maximum absolute atomic E-state index is 11.2. The summed E-state index contributed by atoms with van der Waals surface area (Å²) in [6, 6.07) is 6.34. The molecule has 0 unspecified atom stereocenters. The first-order valence-corrected chi connectivity index (χ1v) is 4.92. The van der Waals surface area contributed by atoms with Gasteiger partial charge in [-0.1, -0.05) is 6.07 Å². The molecule has 0 amide bonds. The van der Waals surface area contributed by atoms with Crippen LogP contribution in [0.2, 0.25) is 0 Å². The van der Waals surface area contributed by atoms with Crippen LogP contribution in [0, 0.1) is 11.3 Å². The topological polar surface area (TPSA) is 70.3 Å². The molecule has 0 bridgehead atoms. The van der Waals surface area contributed by atoms with Crippen molar-refractivity contribution in [1.82, 2.24) is 0 Å². The number of benzene rings is 1. The van der Waals surface area contributed by atoms with Gasteiger partial charge in [0.2, 0.25) is 0 Å². The SMILES string of the molecule is N#Cc1ccc2c(c1)S(=O)(=O)N=C2. The Morgan fingerprint density at radius 2 is 2.15 bits per heavy atom. The van der Waals surface area contributed by atoms with Gasteiger partial charge in [0, 0.05) is 11.8 Å². The fourth-order valence-electron chi connectivity index (χ4n) is 1.12. The van der Waals surface area contributed by atoms with E-state index in [4.69, 9.17) is 5.26 Å². The highest BCUT2D eigenvalue weighted by molar-refractivity contribution is 7.90. The van der Waals surface area contributed by atoms with Crippen LogP contribution in [-0.4, -0.2) is 14.6 Å². The largest absolute Gasteiger partial charge is 0.282 e. The number of nitriles is 1. The Morgan fingerprint density at radius 3 is 2.85 bits per heavy atom. The van der Waals surface area contributed by atoms with E-state index in [-0.39, 0.29) is 4.90 Å². The molecule has 5 heteroatoms. The summed E-state index contributed by atoms with van der Waals surface area (Å²) in [4.78, 5) is 0.117. The molecular weight excluding hydrogens is 188 g/mol. The average Bonchev–Trinajstić information content (AvgIpc) is 2.42. The van der Waals surface area contributed by atoms with Crippen molar-refractivity contribution in [3.8, 4) is 6.07 Å². The highest BCUT2D eigenvalue weighted by Crippen LogP contribution is 2.23. The van der Waals surface area contributed by atoms with Crippen LogP contribution < -0.4 is 0 Å². The van der Waals surface area contributed by atoms with E-state index in [1.54, 1.807) is 12.1 Å². The van der Waals surface area contributed by atoms with E-state index >= 15 is 0 Å². The molecule has 1 aromatic rings. The van der Waals surface area contributed by atoms with E-state index in [0.29, 0.717) is 11.1 Å². The monoisotopic (exact) mass is 192 g/mol. The number of sulfonamides is 1. The number of rotatable bonds is 0. The molecule has 1 aliphatic heterocycles. The summed E-state index contributed by atoms with van der Waals surface area (Å²) in [5.74, 6) is 0. The fraction of sp³-hybridized carbons (Fsp3) is 0. The first-order valence-electron chi connectivity index (χ1n) is 3.48. The molecule has 0 saturated carbocycles. The Hall–Kier alpha value is -1.67. The molecule has 0 aromatic heterocycles. The standard InChI is InChI=1S/C8H4N2O2S/c9-4-6-1-2-7-5-10-13(11,12)8(7)3-6/h1-3,5H. The lowest BCUT2D eigenvalue weighted by molar-refractivity contribution is 0.599. The predicted molar refractivity (Wildman–Crippen MR) is 45.9 cm³/mol. The Kier molecular flexibility index (Phi) is 1.47. The Bertz CT molecular complexity index is 538. The van der Waals surface area contributed by atoms with Gasteiger partial charge in [-0.15, -0.1) is 0 Å². The summed E-state index contributed by atoms with van der Waals surface area (Å²) in [7, 11) is -3.52. The zero-order valence-corrected chi connectivity index (χ0v) is 7.25. The van der Waals surface area contributed by atoms with Gasteiger partial charge in [-0.05, 0) is 12.1 Å². The lowest BCUT2D eigenvalue weighted by atomic mass is 10.2. The van der Waals surface area contributed by atoms with Crippen molar-refractivity contribution in [1.29, 1.82) is 5.26 Å². The predicted octanol–water partition coefficient (Wildman–Crippen LogP) is 0.679. The van der Waals surface area contributed by atoms with Crippen molar-refractivity contribution < 1.29 is 8.42 Å². The van der Waals surface area contributed by atoms with Gasteiger partial charge in [0.25, 0.3) is 10.0 Å². The maximum Gasteiger partial charge on any atom is 0.282 e. The van der Waals surface area contributed by atoms with Gasteiger partial charge in [-0.25, -0.2) is 0 Å². The summed E-state index contributed by atoms with van der Waals surface area (Å²) in [6.07, 6.45) is 1.28. The third-order valence-electron chi connectivity index (χ3n) is 1.75. The van der Waals surface area contributed by atoms with E-state index in [2.05, 4.69) is 4.40 Å². The molecule has 13 heavy (non-hydrogen) atoms. The van der Waals surface area contributed by atoms with E-state index < -0.39 is 10.0 Å². The quantitative estimate of drug-likeness (QED) is 0.606. The molecule has 0 saturated heterocycles. The van der Waals surface area contributed by atoms with Crippen LogP contribution in [-0.2, 0) is 10.0 Å². The van der Waals surface area contributed by atoms with Crippen molar-refractivity contribution in [2.24, 2.45) is 4.40 Å². The normalized spacial score (nSPS) is 16.5. The van der Waals surface area contributed by atoms with Crippen LogP contribution in [0.5, 0.6) is 0 Å². The minimum atomic E-state index is -3.52. The van der Waals surface area contributed by atoms with Gasteiger partial charge < -0.3 is 0 Å². The van der Waals surface area contributed by atoms with Crippen LogP contribution in [0.25, 0.3) is 0 Å². The Labute approximate surface area is 75.2 Å². The number of fused-ring (bicyclic) bond motifs is 1. The summed E-state index contributed by atoms with van der Waals surface area (Å²) in [5, 5.41) is 8.55. The molecular formula is C8H4N2O2S. The van der Waals surface area contributed by atoms with E-state index in [1.165, 1.54) is 12.3 Å². The Balaban J connectivity index is 2.77. The summed E-state index contributed by atoms with van der Waals surface area (Å²) in [6.45, 7) is 0. The Morgan fingerprint density at radius 1 is 1.38 bits per heavy atom. The van der Waals surface area contributed by atoms with Gasteiger partial charge in [0.1, 0.15) is 0 Å². The molecule has 0 radical (unpaired) electrons. The van der Waals surface area contributed by atoms with E-state index in [0.717, 1.165) is 0 Å². The minimum Gasteiger partial charge on any atom is -0.199 e. The average molecular weight is 192 g/mol. The summed E-state index contributed by atoms with van der Waals surface area (Å²) in [5.41, 5.74) is 0.867. The molecule has 0 spiro atoms. The van der Waals surface area contributed by atoms with Crippen molar-refractivity contribution in [3.63, 3.8) is 0 Å². The van der Waals surface area contributed by atoms with Gasteiger partial charge in [0.15, 0.2) is 0 Å². The lowest BCUT2D eigenvalue weighted by Gasteiger charge is -1.95. The zero-order valence-electron chi connectivity index (χ0n) is 6.43. The number of hydrogen-bond donors (Lipinski definition) is 0. The second kappa shape index (κ2) is 2.41. The first kappa shape index (κ1) is 7.95. The van der Waals surface area contributed by atoms with E-state index in [1.807, 2.05) is 6.07 Å². The third-order valence-corrected chi connectivity index (χ3v) is 3.04. The third kappa shape index (κ3) is 1.12. The molecule has 1 heterocycles. The van der Waals surface area contributed by atoms with Gasteiger partial charge >= 0.3 is 0 Å². The lowest BCUT2D eigenvalue weighted by Crippen LogP contribution is -1.93. The van der Waals surface area contributed by atoms with Gasteiger partial charge in [-0.2, -0.15) is 18.1 Å². The highest BCUT2D eigenvalue weighted by atomic mass is 32.2. The van der Waals surface area contributed by atoms with Crippen molar-refractivity contribution in [2.75, 3.05) is 0 Å². The van der Waals surface area contributed by atoms with Crippen LogP contribution in [0.1, 0.15) is 11.1 Å². The smallest absolute Gasteiger partial charge is 0.199 e. The van der Waals surface area contributed by atoms with Crippen LogP contribution in [0.3, 0.4) is 0 Å². The summed E-state index contributed by atoms with van der Waals surface area (Å²) >= 11 is 0. The molecule has 0 N–H and O–H groups in total. The molecule has 2 rings (SSSR count). The van der Waals surface area contributed by atoms with Crippen molar-refractivity contribution in [3.05, 3.63) is 29.3 Å². The number of nitrogens with zero attached hydrogens (tertiary/aromatic N) is 2. The molecule has 64 valence electrons.